The molecule has 0 radical (unpaired) electrons. The zero-order chi connectivity index (χ0) is 13.2. The summed E-state index contributed by atoms with van der Waals surface area (Å²) in [7, 11) is 1.63. The minimum atomic E-state index is -0.0687. The molecule has 1 aromatic rings. The molecule has 1 amide bonds. The number of nitrogens with one attached hydrogen (secondary N) is 1. The number of carbonyl (C=O) groups is 1. The fourth-order valence-electron chi connectivity index (χ4n) is 1.85. The number of hydrogen-bond acceptors (Lipinski definition) is 2. The maximum atomic E-state index is 11.0. The molecule has 1 N–H and O–H groups in total. The van der Waals surface area contributed by atoms with Crippen molar-refractivity contribution < 1.29 is 9.53 Å². The van der Waals surface area contributed by atoms with E-state index in [9.17, 15) is 4.79 Å². The Balaban J connectivity index is 3.31. The number of rotatable bonds is 3. The third-order valence-electron chi connectivity index (χ3n) is 3.01. The fraction of sp³-hybridized carbons (Fsp3) is 0.462. The van der Waals surface area contributed by atoms with Crippen LogP contribution in [0.3, 0.4) is 0 Å². The lowest BCUT2D eigenvalue weighted by Gasteiger charge is -2.18. The number of hydrogen-bond donors (Lipinski definition) is 1. The summed E-state index contributed by atoms with van der Waals surface area (Å²) in [4.78, 5) is 11.0. The van der Waals surface area contributed by atoms with Crippen LogP contribution in [0.25, 0.3) is 0 Å². The highest BCUT2D eigenvalue weighted by Gasteiger charge is 2.16. The second-order valence-corrected chi connectivity index (χ2v) is 4.49. The Morgan fingerprint density at radius 3 is 2.29 bits per heavy atom. The van der Waals surface area contributed by atoms with E-state index in [-0.39, 0.29) is 5.91 Å². The van der Waals surface area contributed by atoms with Crippen molar-refractivity contribution in [1.29, 1.82) is 0 Å². The van der Waals surface area contributed by atoms with Crippen molar-refractivity contribution in [1.82, 2.24) is 5.32 Å². The Hall–Kier alpha value is -1.22. The van der Waals surface area contributed by atoms with Crippen molar-refractivity contribution in [2.24, 2.45) is 0 Å². The highest BCUT2D eigenvalue weighted by Crippen LogP contribution is 2.35. The van der Waals surface area contributed by atoms with Gasteiger partial charge in [0.25, 0.3) is 0 Å². The van der Waals surface area contributed by atoms with Gasteiger partial charge in [-0.3, -0.25) is 4.79 Å². The van der Waals surface area contributed by atoms with Crippen molar-refractivity contribution in [3.05, 3.63) is 27.3 Å². The molecule has 1 aromatic carbocycles. The number of carbonyl (C=O) groups excluding carboxylic acids is 1. The van der Waals surface area contributed by atoms with Crippen LogP contribution in [0.4, 0.5) is 0 Å². The second-order valence-electron chi connectivity index (χ2n) is 4.11. The first-order valence-corrected chi connectivity index (χ1v) is 5.84. The Morgan fingerprint density at radius 2 is 1.82 bits per heavy atom. The molecule has 0 saturated heterocycles. The van der Waals surface area contributed by atoms with E-state index >= 15 is 0 Å². The number of halogens is 1. The summed E-state index contributed by atoms with van der Waals surface area (Å²) in [5.74, 6) is 0.735. The molecule has 3 nitrogen and oxygen atoms in total. The minimum absolute atomic E-state index is 0.0687. The van der Waals surface area contributed by atoms with E-state index in [1.165, 1.54) is 6.92 Å². The van der Waals surface area contributed by atoms with Crippen LogP contribution in [-0.2, 0) is 11.3 Å². The van der Waals surface area contributed by atoms with E-state index < -0.39 is 0 Å². The Bertz CT molecular complexity index is 455. The molecule has 4 heteroatoms. The summed E-state index contributed by atoms with van der Waals surface area (Å²) in [6, 6.07) is 0. The highest BCUT2D eigenvalue weighted by molar-refractivity contribution is 6.32. The molecule has 0 aliphatic heterocycles. The van der Waals surface area contributed by atoms with Gasteiger partial charge in [0, 0.05) is 24.1 Å². The van der Waals surface area contributed by atoms with Crippen LogP contribution in [0.15, 0.2) is 0 Å². The fourth-order valence-corrected chi connectivity index (χ4v) is 2.10. The summed E-state index contributed by atoms with van der Waals surface area (Å²) in [6.07, 6.45) is 0. The summed E-state index contributed by atoms with van der Waals surface area (Å²) in [6.45, 7) is 7.80. The third-order valence-corrected chi connectivity index (χ3v) is 3.57. The number of benzene rings is 1. The Labute approximate surface area is 107 Å². The van der Waals surface area contributed by atoms with Gasteiger partial charge in [-0.05, 0) is 37.5 Å². The third kappa shape index (κ3) is 2.72. The van der Waals surface area contributed by atoms with Crippen molar-refractivity contribution in [2.75, 3.05) is 7.11 Å². The topological polar surface area (TPSA) is 38.3 Å². The molecule has 0 aliphatic carbocycles. The molecule has 0 atom stereocenters. The van der Waals surface area contributed by atoms with Gasteiger partial charge in [0.2, 0.25) is 5.91 Å². The van der Waals surface area contributed by atoms with Crippen LogP contribution in [0.2, 0.25) is 5.02 Å². The smallest absolute Gasteiger partial charge is 0.217 e. The predicted molar refractivity (Wildman–Crippen MR) is 69.7 cm³/mol. The second kappa shape index (κ2) is 5.41. The van der Waals surface area contributed by atoms with Crippen LogP contribution >= 0.6 is 11.6 Å². The quantitative estimate of drug-likeness (QED) is 0.902. The molecule has 0 heterocycles. The van der Waals surface area contributed by atoms with E-state index in [4.69, 9.17) is 16.3 Å². The highest BCUT2D eigenvalue weighted by atomic mass is 35.5. The van der Waals surface area contributed by atoms with Crippen LogP contribution in [0, 0.1) is 20.8 Å². The van der Waals surface area contributed by atoms with Crippen LogP contribution in [0.1, 0.15) is 29.2 Å². The summed E-state index contributed by atoms with van der Waals surface area (Å²) in [5.41, 5.74) is 3.94. The molecule has 0 aliphatic rings. The molecule has 1 rings (SSSR count). The molecule has 0 fully saturated rings. The van der Waals surface area contributed by atoms with Gasteiger partial charge >= 0.3 is 0 Å². The van der Waals surface area contributed by atoms with Gasteiger partial charge in [-0.15, -0.1) is 0 Å². The van der Waals surface area contributed by atoms with Gasteiger partial charge < -0.3 is 10.1 Å². The molecule has 0 unspecified atom stereocenters. The molecule has 0 aromatic heterocycles. The first kappa shape index (κ1) is 13.8. The summed E-state index contributed by atoms with van der Waals surface area (Å²) in [5, 5.41) is 3.51. The van der Waals surface area contributed by atoms with E-state index in [1.54, 1.807) is 7.11 Å². The Kier molecular flexibility index (Phi) is 4.40. The van der Waals surface area contributed by atoms with Gasteiger partial charge in [0.1, 0.15) is 5.75 Å². The Morgan fingerprint density at radius 1 is 1.24 bits per heavy atom. The SMILES string of the molecule is COc1c(C)c(C)c(Cl)c(C)c1CNC(C)=O. The number of amides is 1. The van der Waals surface area contributed by atoms with Gasteiger partial charge in [-0.25, -0.2) is 0 Å². The average molecular weight is 256 g/mol. The molecule has 17 heavy (non-hydrogen) atoms. The molecule has 94 valence electrons. The lowest BCUT2D eigenvalue weighted by Crippen LogP contribution is -2.20. The van der Waals surface area contributed by atoms with Crippen molar-refractivity contribution in [2.45, 2.75) is 34.2 Å². The first-order valence-electron chi connectivity index (χ1n) is 5.46. The lowest BCUT2D eigenvalue weighted by atomic mass is 9.98. The summed E-state index contributed by atoms with van der Waals surface area (Å²) < 4.78 is 5.42. The van der Waals surface area contributed by atoms with Crippen LogP contribution < -0.4 is 10.1 Å². The van der Waals surface area contributed by atoms with E-state index in [1.807, 2.05) is 20.8 Å². The average Bonchev–Trinajstić information content (AvgIpc) is 2.29. The van der Waals surface area contributed by atoms with Crippen LogP contribution in [-0.4, -0.2) is 13.0 Å². The monoisotopic (exact) mass is 255 g/mol. The van der Waals surface area contributed by atoms with E-state index in [0.29, 0.717) is 6.54 Å². The maximum absolute atomic E-state index is 11.0. The van der Waals surface area contributed by atoms with Crippen LogP contribution in [0.5, 0.6) is 5.75 Å². The molecule has 0 bridgehead atoms. The zero-order valence-electron chi connectivity index (χ0n) is 10.9. The molecule has 0 spiro atoms. The maximum Gasteiger partial charge on any atom is 0.217 e. The zero-order valence-corrected chi connectivity index (χ0v) is 11.7. The normalized spacial score (nSPS) is 10.2. The van der Waals surface area contributed by atoms with Crippen molar-refractivity contribution in [3.8, 4) is 5.75 Å². The van der Waals surface area contributed by atoms with Crippen molar-refractivity contribution in [3.63, 3.8) is 0 Å². The van der Waals surface area contributed by atoms with E-state index in [0.717, 1.165) is 33.0 Å². The lowest BCUT2D eigenvalue weighted by molar-refractivity contribution is -0.119. The minimum Gasteiger partial charge on any atom is -0.496 e. The number of ether oxygens (including phenoxy) is 1. The van der Waals surface area contributed by atoms with Gasteiger partial charge in [-0.1, -0.05) is 11.6 Å². The van der Waals surface area contributed by atoms with Gasteiger partial charge in [-0.2, -0.15) is 0 Å². The number of methoxy groups -OCH3 is 1. The molecular weight excluding hydrogens is 238 g/mol. The van der Waals surface area contributed by atoms with Gasteiger partial charge in [0.15, 0.2) is 0 Å². The molecular formula is C13H18ClNO2. The largest absolute Gasteiger partial charge is 0.496 e. The first-order chi connectivity index (χ1) is 7.90. The molecule has 0 saturated carbocycles. The van der Waals surface area contributed by atoms with Gasteiger partial charge in [0.05, 0.1) is 7.11 Å². The van der Waals surface area contributed by atoms with Crippen molar-refractivity contribution >= 4 is 17.5 Å². The standard InChI is InChI=1S/C13H18ClNO2/c1-7-8(2)13(17-5)11(6-15-10(4)16)9(3)12(7)14/h6H2,1-5H3,(H,15,16). The predicted octanol–water partition coefficient (Wildman–Crippen LogP) is 2.91. The van der Waals surface area contributed by atoms with E-state index in [2.05, 4.69) is 5.32 Å². The summed E-state index contributed by atoms with van der Waals surface area (Å²) >= 11 is 6.26.